The Kier molecular flexibility index (Phi) is 3.56. The van der Waals surface area contributed by atoms with Crippen molar-refractivity contribution in [2.75, 3.05) is 11.1 Å². The van der Waals surface area contributed by atoms with Gasteiger partial charge in [-0.1, -0.05) is 0 Å². The van der Waals surface area contributed by atoms with Gasteiger partial charge in [0.15, 0.2) is 0 Å². The summed E-state index contributed by atoms with van der Waals surface area (Å²) >= 11 is 0. The monoisotopic (exact) mass is 270 g/mol. The number of hydrogen-bond donors (Lipinski definition) is 4. The van der Waals surface area contributed by atoms with Crippen molar-refractivity contribution in [3.05, 3.63) is 53.6 Å². The molecule has 0 aliphatic rings. The Balaban J connectivity index is 2.30. The van der Waals surface area contributed by atoms with E-state index in [1.807, 2.05) is 0 Å². The second-order valence-electron chi connectivity index (χ2n) is 4.24. The lowest BCUT2D eigenvalue weighted by Gasteiger charge is -2.11. The minimum atomic E-state index is -0.575. The van der Waals surface area contributed by atoms with Crippen LogP contribution in [0.5, 0.6) is 0 Å². The normalized spacial score (nSPS) is 10.0. The van der Waals surface area contributed by atoms with E-state index in [-0.39, 0.29) is 0 Å². The summed E-state index contributed by atoms with van der Waals surface area (Å²) < 4.78 is 0. The van der Waals surface area contributed by atoms with Crippen LogP contribution in [0.3, 0.4) is 0 Å². The first-order valence-corrected chi connectivity index (χ1v) is 5.83. The third kappa shape index (κ3) is 2.86. The number of hydrogen-bond acceptors (Lipinski definition) is 4. The molecule has 0 radical (unpaired) electrons. The molecule has 0 fully saturated rings. The molecule has 2 rings (SSSR count). The van der Waals surface area contributed by atoms with Crippen LogP contribution in [-0.4, -0.2) is 11.8 Å². The van der Waals surface area contributed by atoms with E-state index >= 15 is 0 Å². The molecule has 20 heavy (non-hydrogen) atoms. The number of benzene rings is 2. The molecule has 0 atom stereocenters. The quantitative estimate of drug-likeness (QED) is 0.623. The molecule has 7 N–H and O–H groups in total. The highest BCUT2D eigenvalue weighted by Crippen LogP contribution is 2.23. The predicted octanol–water partition coefficient (Wildman–Crippen LogP) is 1.21. The molecular weight excluding hydrogens is 256 g/mol. The van der Waals surface area contributed by atoms with Crippen LogP contribution in [-0.2, 0) is 0 Å². The number of amides is 2. The Labute approximate surface area is 115 Å². The second kappa shape index (κ2) is 5.31. The molecule has 0 unspecified atom stereocenters. The van der Waals surface area contributed by atoms with E-state index in [1.54, 1.807) is 36.4 Å². The fraction of sp³-hybridized carbons (Fsp3) is 0. The number of rotatable bonds is 4. The summed E-state index contributed by atoms with van der Waals surface area (Å²) in [5.41, 5.74) is 18.5. The average molecular weight is 270 g/mol. The van der Waals surface area contributed by atoms with Crippen LogP contribution in [0.25, 0.3) is 0 Å². The molecule has 2 aromatic rings. The molecule has 0 aliphatic carbocycles. The van der Waals surface area contributed by atoms with Gasteiger partial charge in [0, 0.05) is 16.9 Å². The molecule has 0 heterocycles. The van der Waals surface area contributed by atoms with E-state index < -0.39 is 11.8 Å². The van der Waals surface area contributed by atoms with Crippen molar-refractivity contribution in [2.45, 2.75) is 0 Å². The van der Waals surface area contributed by atoms with Crippen molar-refractivity contribution < 1.29 is 9.59 Å². The first-order chi connectivity index (χ1) is 9.47. The van der Waals surface area contributed by atoms with Crippen LogP contribution >= 0.6 is 0 Å². The van der Waals surface area contributed by atoms with Crippen molar-refractivity contribution in [3.63, 3.8) is 0 Å². The van der Waals surface area contributed by atoms with Gasteiger partial charge in [0.05, 0.1) is 11.3 Å². The smallest absolute Gasteiger partial charge is 0.250 e. The SMILES string of the molecule is NC(=O)c1ccc(Nc2ccc(N)cc2C(N)=O)cc1. The van der Waals surface area contributed by atoms with Crippen molar-refractivity contribution in [1.29, 1.82) is 0 Å². The molecular formula is C14H14N4O2. The van der Waals surface area contributed by atoms with Gasteiger partial charge in [-0.2, -0.15) is 0 Å². The fourth-order valence-electron chi connectivity index (χ4n) is 1.75. The largest absolute Gasteiger partial charge is 0.399 e. The van der Waals surface area contributed by atoms with Crippen LogP contribution in [0.4, 0.5) is 17.1 Å². The minimum absolute atomic E-state index is 0.295. The first-order valence-electron chi connectivity index (χ1n) is 5.83. The lowest BCUT2D eigenvalue weighted by molar-refractivity contribution is 0.0992. The van der Waals surface area contributed by atoms with Crippen molar-refractivity contribution in [2.24, 2.45) is 11.5 Å². The maximum atomic E-state index is 11.4. The lowest BCUT2D eigenvalue weighted by atomic mass is 10.1. The highest BCUT2D eigenvalue weighted by molar-refractivity contribution is 6.00. The van der Waals surface area contributed by atoms with Gasteiger partial charge in [0.1, 0.15) is 0 Å². The maximum Gasteiger partial charge on any atom is 0.250 e. The van der Waals surface area contributed by atoms with Gasteiger partial charge in [-0.25, -0.2) is 0 Å². The minimum Gasteiger partial charge on any atom is -0.399 e. The Bertz CT molecular complexity index is 665. The van der Waals surface area contributed by atoms with Crippen molar-refractivity contribution in [1.82, 2.24) is 0 Å². The highest BCUT2D eigenvalue weighted by Gasteiger charge is 2.09. The van der Waals surface area contributed by atoms with Crippen LogP contribution in [0.1, 0.15) is 20.7 Å². The third-order valence-electron chi connectivity index (χ3n) is 2.76. The van der Waals surface area contributed by atoms with Gasteiger partial charge in [-0.05, 0) is 42.5 Å². The maximum absolute atomic E-state index is 11.4. The number of carbonyl (C=O) groups is 2. The zero-order valence-electron chi connectivity index (χ0n) is 10.6. The standard InChI is InChI=1S/C14H14N4O2/c15-9-3-6-12(11(7-9)14(17)20)18-10-4-1-8(2-5-10)13(16)19/h1-7,18H,15H2,(H2,16,19)(H2,17,20). The zero-order valence-corrected chi connectivity index (χ0v) is 10.6. The van der Waals surface area contributed by atoms with Gasteiger partial charge < -0.3 is 22.5 Å². The summed E-state index contributed by atoms with van der Waals surface area (Å²) in [5.74, 6) is -1.07. The second-order valence-corrected chi connectivity index (χ2v) is 4.24. The van der Waals surface area contributed by atoms with E-state index in [0.717, 1.165) is 0 Å². The number of nitrogens with one attached hydrogen (secondary N) is 1. The number of anilines is 3. The number of nitrogen functional groups attached to an aromatic ring is 1. The van der Waals surface area contributed by atoms with E-state index in [1.165, 1.54) is 6.07 Å². The Morgan fingerprint density at radius 2 is 1.55 bits per heavy atom. The van der Waals surface area contributed by atoms with Gasteiger partial charge in [0.25, 0.3) is 5.91 Å². The van der Waals surface area contributed by atoms with Gasteiger partial charge in [-0.3, -0.25) is 9.59 Å². The summed E-state index contributed by atoms with van der Waals surface area (Å²) in [5, 5.41) is 3.04. The summed E-state index contributed by atoms with van der Waals surface area (Å²) in [7, 11) is 0. The lowest BCUT2D eigenvalue weighted by Crippen LogP contribution is -2.14. The topological polar surface area (TPSA) is 124 Å². The van der Waals surface area contributed by atoms with E-state index in [4.69, 9.17) is 17.2 Å². The first kappa shape index (κ1) is 13.4. The van der Waals surface area contributed by atoms with Crippen LogP contribution in [0.2, 0.25) is 0 Å². The number of carbonyl (C=O) groups excluding carboxylic acids is 2. The molecule has 0 aliphatic heterocycles. The predicted molar refractivity (Wildman–Crippen MR) is 77.6 cm³/mol. The van der Waals surface area contributed by atoms with Gasteiger partial charge in [0.2, 0.25) is 5.91 Å². The molecule has 0 saturated carbocycles. The molecule has 102 valence electrons. The van der Waals surface area contributed by atoms with Crippen LogP contribution < -0.4 is 22.5 Å². The van der Waals surface area contributed by atoms with Crippen LogP contribution in [0, 0.1) is 0 Å². The average Bonchev–Trinajstić information content (AvgIpc) is 2.41. The Morgan fingerprint density at radius 3 is 2.10 bits per heavy atom. The summed E-state index contributed by atoms with van der Waals surface area (Å²) in [6.45, 7) is 0. The molecule has 2 amide bonds. The summed E-state index contributed by atoms with van der Waals surface area (Å²) in [4.78, 5) is 22.4. The molecule has 0 spiro atoms. The van der Waals surface area contributed by atoms with E-state index in [2.05, 4.69) is 5.32 Å². The highest BCUT2D eigenvalue weighted by atomic mass is 16.1. The Morgan fingerprint density at radius 1 is 0.900 bits per heavy atom. The van der Waals surface area contributed by atoms with E-state index in [0.29, 0.717) is 28.2 Å². The van der Waals surface area contributed by atoms with Crippen LogP contribution in [0.15, 0.2) is 42.5 Å². The molecule has 6 heteroatoms. The molecule has 0 aromatic heterocycles. The van der Waals surface area contributed by atoms with Gasteiger partial charge in [-0.15, -0.1) is 0 Å². The molecule has 6 nitrogen and oxygen atoms in total. The third-order valence-corrected chi connectivity index (χ3v) is 2.76. The zero-order chi connectivity index (χ0) is 14.7. The fourth-order valence-corrected chi connectivity index (χ4v) is 1.75. The summed E-state index contributed by atoms with van der Waals surface area (Å²) in [6.07, 6.45) is 0. The number of primary amides is 2. The molecule has 0 saturated heterocycles. The van der Waals surface area contributed by atoms with Crippen molar-refractivity contribution >= 4 is 28.9 Å². The summed E-state index contributed by atoms with van der Waals surface area (Å²) in [6, 6.07) is 11.4. The van der Waals surface area contributed by atoms with Crippen molar-refractivity contribution in [3.8, 4) is 0 Å². The molecule has 0 bridgehead atoms. The molecule has 2 aromatic carbocycles. The number of nitrogens with two attached hydrogens (primary N) is 3. The van der Waals surface area contributed by atoms with E-state index in [9.17, 15) is 9.59 Å². The Hall–Kier alpha value is -3.02. The van der Waals surface area contributed by atoms with Gasteiger partial charge >= 0.3 is 0 Å².